The van der Waals surface area contributed by atoms with Gasteiger partial charge in [-0.1, -0.05) is 182 Å². The molecule has 10 rings (SSSR count). The largest absolute Gasteiger partial charge is 0.264 e. The van der Waals surface area contributed by atoms with Gasteiger partial charge in [0.25, 0.3) is 0 Å². The summed E-state index contributed by atoms with van der Waals surface area (Å²) in [5, 5.41) is 0. The van der Waals surface area contributed by atoms with Gasteiger partial charge >= 0.3 is 0 Å². The lowest BCUT2D eigenvalue weighted by atomic mass is 9.93. The summed E-state index contributed by atoms with van der Waals surface area (Å²) in [6.07, 6.45) is 7.38. The van der Waals surface area contributed by atoms with Crippen LogP contribution in [0.25, 0.3) is 100 Å². The van der Waals surface area contributed by atoms with Crippen LogP contribution in [-0.2, 0) is 0 Å². The monoisotopic (exact) mass is 740 g/mol. The summed E-state index contributed by atoms with van der Waals surface area (Å²) in [5.74, 6) is 0. The zero-order chi connectivity index (χ0) is 38.7. The van der Waals surface area contributed by atoms with Gasteiger partial charge in [0.05, 0.1) is 22.4 Å². The molecule has 0 aliphatic heterocycles. The highest BCUT2D eigenvalue weighted by molar-refractivity contribution is 6.03. The van der Waals surface area contributed by atoms with Crippen LogP contribution >= 0.6 is 0 Å². The highest BCUT2D eigenvalue weighted by atomic mass is 14.8. The smallest absolute Gasteiger partial charge is 0.0979 e. The lowest BCUT2D eigenvalue weighted by Gasteiger charge is -2.17. The summed E-state index contributed by atoms with van der Waals surface area (Å²) < 4.78 is 0. The van der Waals surface area contributed by atoms with Crippen LogP contribution in [0.5, 0.6) is 0 Å². The Morgan fingerprint density at radius 2 is 0.517 bits per heavy atom. The third-order valence-electron chi connectivity index (χ3n) is 10.7. The van der Waals surface area contributed by atoms with Gasteiger partial charge in [0, 0.05) is 47.0 Å². The minimum atomic E-state index is 0.818. The minimum absolute atomic E-state index is 0.818. The first kappa shape index (κ1) is 34.7. The topological polar surface area (TPSA) is 51.6 Å². The molecule has 0 N–H and O–H groups in total. The second kappa shape index (κ2) is 15.4. The van der Waals surface area contributed by atoms with Crippen molar-refractivity contribution >= 4 is 11.0 Å². The molecule has 0 aliphatic rings. The van der Waals surface area contributed by atoms with Gasteiger partial charge in [-0.15, -0.1) is 0 Å². The lowest BCUT2D eigenvalue weighted by molar-refractivity contribution is 1.29. The molecular weight excluding hydrogens is 705 g/mol. The van der Waals surface area contributed by atoms with Crippen LogP contribution in [0.3, 0.4) is 0 Å². The zero-order valence-electron chi connectivity index (χ0n) is 31.6. The van der Waals surface area contributed by atoms with E-state index in [0.29, 0.717) is 0 Å². The predicted octanol–water partition coefficient (Wildman–Crippen LogP) is 13.8. The van der Waals surface area contributed by atoms with E-state index in [1.54, 1.807) is 12.4 Å². The van der Waals surface area contributed by atoms with Crippen molar-refractivity contribution in [2.45, 2.75) is 0 Å². The highest BCUT2D eigenvalue weighted by Crippen LogP contribution is 2.40. The summed E-state index contributed by atoms with van der Waals surface area (Å²) in [7, 11) is 0. The molecule has 10 aromatic rings. The fourth-order valence-corrected chi connectivity index (χ4v) is 7.66. The van der Waals surface area contributed by atoms with Gasteiger partial charge in [0.15, 0.2) is 0 Å². The number of benzene rings is 7. The number of rotatable bonds is 8. The van der Waals surface area contributed by atoms with E-state index >= 15 is 0 Å². The normalized spacial score (nSPS) is 11.1. The average Bonchev–Trinajstić information content (AvgIpc) is 3.32. The van der Waals surface area contributed by atoms with Crippen LogP contribution in [-0.4, -0.2) is 19.9 Å². The first-order chi connectivity index (χ1) is 28.7. The number of pyridine rings is 2. The Bertz CT molecular complexity index is 2760. The SMILES string of the molecule is c1ccc(-c2ccc(-c3ccc(-c4ccc(-c5ccccc5)cc4)c4nc(-c5ccc(-c6cccnc6)cc5)c(-c5ccc(-c6cccnc6)cc5)nc34)cc2)cc1. The maximum atomic E-state index is 5.63. The molecule has 0 fully saturated rings. The Morgan fingerprint density at radius 1 is 0.224 bits per heavy atom. The summed E-state index contributed by atoms with van der Waals surface area (Å²) >= 11 is 0. The molecule has 0 spiro atoms. The van der Waals surface area contributed by atoms with Gasteiger partial charge in [0.1, 0.15) is 0 Å². The quantitative estimate of drug-likeness (QED) is 0.156. The van der Waals surface area contributed by atoms with Crippen molar-refractivity contribution in [2.24, 2.45) is 0 Å². The number of aromatic nitrogens is 4. The molecule has 0 saturated heterocycles. The molecule has 272 valence electrons. The maximum absolute atomic E-state index is 5.63. The van der Waals surface area contributed by atoms with Gasteiger partial charge in [-0.3, -0.25) is 9.97 Å². The Kier molecular flexibility index (Phi) is 9.18. The third-order valence-corrected chi connectivity index (χ3v) is 10.7. The molecule has 0 unspecified atom stereocenters. The molecule has 3 heterocycles. The molecule has 4 nitrogen and oxygen atoms in total. The van der Waals surface area contributed by atoms with Gasteiger partial charge in [-0.2, -0.15) is 0 Å². The van der Waals surface area contributed by atoms with Crippen LogP contribution in [0.4, 0.5) is 0 Å². The summed E-state index contributed by atoms with van der Waals surface area (Å²) in [6, 6.07) is 68.1. The van der Waals surface area contributed by atoms with Crippen LogP contribution in [0.15, 0.2) is 219 Å². The molecule has 3 aromatic heterocycles. The van der Waals surface area contributed by atoms with E-state index in [-0.39, 0.29) is 0 Å². The first-order valence-electron chi connectivity index (χ1n) is 19.4. The Hall–Kier alpha value is -7.82. The van der Waals surface area contributed by atoms with Crippen LogP contribution < -0.4 is 0 Å². The number of hydrogen-bond donors (Lipinski definition) is 0. The molecule has 0 amide bonds. The molecule has 0 atom stereocenters. The number of hydrogen-bond acceptors (Lipinski definition) is 4. The fourth-order valence-electron chi connectivity index (χ4n) is 7.66. The molecule has 0 radical (unpaired) electrons. The number of fused-ring (bicyclic) bond motifs is 1. The Labute approximate surface area is 337 Å². The molecule has 58 heavy (non-hydrogen) atoms. The van der Waals surface area contributed by atoms with E-state index < -0.39 is 0 Å². The van der Waals surface area contributed by atoms with Crippen molar-refractivity contribution in [3.05, 3.63) is 219 Å². The molecular formula is C54H36N4. The van der Waals surface area contributed by atoms with Crippen molar-refractivity contribution in [1.82, 2.24) is 19.9 Å². The van der Waals surface area contributed by atoms with E-state index in [2.05, 4.69) is 180 Å². The second-order valence-electron chi connectivity index (χ2n) is 14.3. The van der Waals surface area contributed by atoms with Gasteiger partial charge in [-0.05, 0) is 67.8 Å². The molecule has 0 aliphatic carbocycles. The van der Waals surface area contributed by atoms with Gasteiger partial charge in [0.2, 0.25) is 0 Å². The second-order valence-corrected chi connectivity index (χ2v) is 14.3. The van der Waals surface area contributed by atoms with Crippen molar-refractivity contribution in [3.8, 4) is 89.3 Å². The Balaban J connectivity index is 1.18. The van der Waals surface area contributed by atoms with Crippen LogP contribution in [0.2, 0.25) is 0 Å². The van der Waals surface area contributed by atoms with E-state index in [1.165, 1.54) is 22.3 Å². The van der Waals surface area contributed by atoms with Crippen molar-refractivity contribution in [2.75, 3.05) is 0 Å². The van der Waals surface area contributed by atoms with E-state index in [0.717, 1.165) is 78.1 Å². The molecule has 0 bridgehead atoms. The standard InChI is InChI=1S/C54H36N4/c1-3-9-37(10-4-1)39-15-23-43(24-16-39)49-31-32-50(44-25-17-40(18-26-44)38-11-5-2-6-12-38)54-53(49)57-51(45-27-19-41(20-28-45)47-13-7-33-55-35-47)52(58-54)46-29-21-42(22-30-46)48-14-8-34-56-36-48/h1-36H. The van der Waals surface area contributed by atoms with E-state index in [9.17, 15) is 0 Å². The van der Waals surface area contributed by atoms with Crippen molar-refractivity contribution in [1.29, 1.82) is 0 Å². The summed E-state index contributed by atoms with van der Waals surface area (Å²) in [4.78, 5) is 19.9. The predicted molar refractivity (Wildman–Crippen MR) is 239 cm³/mol. The highest BCUT2D eigenvalue weighted by Gasteiger charge is 2.20. The maximum Gasteiger partial charge on any atom is 0.0979 e. The van der Waals surface area contributed by atoms with E-state index in [1.807, 2.05) is 36.7 Å². The van der Waals surface area contributed by atoms with Gasteiger partial charge < -0.3 is 0 Å². The third kappa shape index (κ3) is 6.84. The van der Waals surface area contributed by atoms with E-state index in [4.69, 9.17) is 9.97 Å². The zero-order valence-corrected chi connectivity index (χ0v) is 31.6. The first-order valence-corrected chi connectivity index (χ1v) is 19.4. The fraction of sp³-hybridized carbons (Fsp3) is 0. The number of nitrogens with zero attached hydrogens (tertiary/aromatic N) is 4. The summed E-state index contributed by atoms with van der Waals surface area (Å²) in [6.45, 7) is 0. The van der Waals surface area contributed by atoms with Gasteiger partial charge in [-0.25, -0.2) is 9.97 Å². The van der Waals surface area contributed by atoms with Crippen molar-refractivity contribution < 1.29 is 0 Å². The van der Waals surface area contributed by atoms with Crippen molar-refractivity contribution in [3.63, 3.8) is 0 Å². The van der Waals surface area contributed by atoms with Crippen LogP contribution in [0.1, 0.15) is 0 Å². The molecule has 7 aromatic carbocycles. The lowest BCUT2D eigenvalue weighted by Crippen LogP contribution is -1.99. The van der Waals surface area contributed by atoms with Crippen LogP contribution in [0, 0.1) is 0 Å². The molecule has 4 heteroatoms. The minimum Gasteiger partial charge on any atom is -0.264 e. The summed E-state index contributed by atoms with van der Waals surface area (Å²) in [5.41, 5.74) is 18.5. The molecule has 0 saturated carbocycles. The Morgan fingerprint density at radius 3 is 0.862 bits per heavy atom. The average molecular weight is 741 g/mol.